The maximum atomic E-state index is 12.4. The summed E-state index contributed by atoms with van der Waals surface area (Å²) in [4.78, 5) is 1.54. The number of nitrogens with zero attached hydrogens (tertiary/aromatic N) is 1. The molecule has 0 aromatic rings. The van der Waals surface area contributed by atoms with Crippen LogP contribution in [0.5, 0.6) is 0 Å². The molecule has 6 heteroatoms. The van der Waals surface area contributed by atoms with Crippen molar-refractivity contribution in [3.8, 4) is 0 Å². The summed E-state index contributed by atoms with van der Waals surface area (Å²) in [7, 11) is 0. The molecule has 0 heterocycles. The van der Waals surface area contributed by atoms with E-state index in [2.05, 4.69) is 5.32 Å². The fraction of sp³-hybridized carbons (Fsp3) is 1.00. The monoisotopic (exact) mass is 282 g/mol. The molecule has 0 bridgehead atoms. The molecule has 1 aliphatic rings. The van der Waals surface area contributed by atoms with Crippen molar-refractivity contribution in [3.63, 3.8) is 0 Å². The summed E-state index contributed by atoms with van der Waals surface area (Å²) in [6, 6.07) is 0.146. The first-order valence-corrected chi connectivity index (χ1v) is 7.01. The fourth-order valence-electron chi connectivity index (χ4n) is 1.92. The highest BCUT2D eigenvalue weighted by atomic mass is 19.4. The zero-order valence-corrected chi connectivity index (χ0v) is 11.8. The number of ether oxygens (including phenoxy) is 1. The molecule has 0 aromatic heterocycles. The highest BCUT2D eigenvalue weighted by molar-refractivity contribution is 4.85. The summed E-state index contributed by atoms with van der Waals surface area (Å²) in [5.74, 6) is 0. The average Bonchev–Trinajstić information content (AvgIpc) is 3.07. The largest absolute Gasteiger partial charge is 0.401 e. The zero-order valence-electron chi connectivity index (χ0n) is 11.8. The maximum Gasteiger partial charge on any atom is 0.401 e. The van der Waals surface area contributed by atoms with Gasteiger partial charge in [0.15, 0.2) is 0 Å². The van der Waals surface area contributed by atoms with Gasteiger partial charge in [-0.15, -0.1) is 0 Å². The van der Waals surface area contributed by atoms with Crippen molar-refractivity contribution in [2.45, 2.75) is 51.4 Å². The third-order valence-electron chi connectivity index (χ3n) is 2.97. The summed E-state index contributed by atoms with van der Waals surface area (Å²) in [6.07, 6.45) is -1.16. The summed E-state index contributed by atoms with van der Waals surface area (Å²) < 4.78 is 42.5. The van der Waals surface area contributed by atoms with Crippen molar-refractivity contribution in [3.05, 3.63) is 0 Å². The lowest BCUT2D eigenvalue weighted by molar-refractivity contribution is -0.147. The van der Waals surface area contributed by atoms with Crippen molar-refractivity contribution in [1.29, 1.82) is 0 Å². The molecule has 3 nitrogen and oxygen atoms in total. The zero-order chi connectivity index (χ0) is 14.3. The van der Waals surface area contributed by atoms with Gasteiger partial charge in [-0.05, 0) is 39.7 Å². The van der Waals surface area contributed by atoms with Crippen molar-refractivity contribution in [2.75, 3.05) is 32.8 Å². The number of alkyl halides is 3. The van der Waals surface area contributed by atoms with Gasteiger partial charge in [0.1, 0.15) is 0 Å². The molecular formula is C13H25F3N2O. The minimum absolute atomic E-state index is 0.146. The van der Waals surface area contributed by atoms with Gasteiger partial charge in [0.2, 0.25) is 0 Å². The molecule has 1 rings (SSSR count). The predicted molar refractivity (Wildman–Crippen MR) is 69.2 cm³/mol. The second-order valence-electron chi connectivity index (χ2n) is 5.34. The predicted octanol–water partition coefficient (Wildman–Crippen LogP) is 2.42. The number of hydrogen-bond donors (Lipinski definition) is 1. The Morgan fingerprint density at radius 3 is 2.47 bits per heavy atom. The quantitative estimate of drug-likeness (QED) is 0.623. The smallest absolute Gasteiger partial charge is 0.379 e. The lowest BCUT2D eigenvalue weighted by Gasteiger charge is -2.23. The summed E-state index contributed by atoms with van der Waals surface area (Å²) in [5, 5.41) is 3.17. The van der Waals surface area contributed by atoms with Gasteiger partial charge in [0.05, 0.1) is 12.6 Å². The minimum Gasteiger partial charge on any atom is -0.379 e. The molecule has 1 N–H and O–H groups in total. The van der Waals surface area contributed by atoms with Crippen LogP contribution in [-0.2, 0) is 4.74 Å². The highest BCUT2D eigenvalue weighted by Crippen LogP contribution is 2.29. The molecule has 1 fully saturated rings. The average molecular weight is 282 g/mol. The molecule has 0 radical (unpaired) electrons. The van der Waals surface area contributed by atoms with Crippen LogP contribution < -0.4 is 5.32 Å². The molecule has 1 saturated carbocycles. The number of nitrogens with one attached hydrogen (secondary N) is 1. The molecule has 0 spiro atoms. The Hall–Kier alpha value is -0.330. The van der Waals surface area contributed by atoms with Crippen LogP contribution in [0.2, 0.25) is 0 Å². The van der Waals surface area contributed by atoms with Gasteiger partial charge in [-0.1, -0.05) is 0 Å². The Labute approximate surface area is 113 Å². The normalized spacial score (nSPS) is 16.6. The Bertz CT molecular complexity index is 243. The highest BCUT2D eigenvalue weighted by Gasteiger charge is 2.37. The molecule has 1 aliphatic carbocycles. The van der Waals surface area contributed by atoms with Gasteiger partial charge < -0.3 is 10.1 Å². The first-order chi connectivity index (χ1) is 8.88. The van der Waals surface area contributed by atoms with Crippen molar-refractivity contribution in [1.82, 2.24) is 10.2 Å². The Morgan fingerprint density at radius 2 is 1.95 bits per heavy atom. The Balaban J connectivity index is 2.02. The van der Waals surface area contributed by atoms with Crippen molar-refractivity contribution < 1.29 is 17.9 Å². The van der Waals surface area contributed by atoms with E-state index >= 15 is 0 Å². The van der Waals surface area contributed by atoms with Crippen molar-refractivity contribution >= 4 is 0 Å². The number of rotatable bonds is 10. The van der Waals surface area contributed by atoms with E-state index in [1.807, 2.05) is 13.8 Å². The molecule has 114 valence electrons. The maximum absolute atomic E-state index is 12.4. The molecule has 0 unspecified atom stereocenters. The van der Waals surface area contributed by atoms with Crippen LogP contribution in [0.25, 0.3) is 0 Å². The van der Waals surface area contributed by atoms with Gasteiger partial charge in [0, 0.05) is 25.7 Å². The third kappa shape index (κ3) is 9.24. The van der Waals surface area contributed by atoms with Gasteiger partial charge in [-0.3, -0.25) is 4.90 Å². The molecule has 19 heavy (non-hydrogen) atoms. The SMILES string of the molecule is CC(C)OCCCNCCN(CC(F)(F)F)C1CC1. The molecular weight excluding hydrogens is 257 g/mol. The van der Waals surface area contributed by atoms with E-state index in [-0.39, 0.29) is 12.1 Å². The van der Waals surface area contributed by atoms with Crippen molar-refractivity contribution in [2.24, 2.45) is 0 Å². The molecule has 0 aromatic carbocycles. The second-order valence-corrected chi connectivity index (χ2v) is 5.34. The Kier molecular flexibility index (Phi) is 7.10. The van der Waals surface area contributed by atoms with Gasteiger partial charge in [0.25, 0.3) is 0 Å². The first-order valence-electron chi connectivity index (χ1n) is 7.01. The van der Waals surface area contributed by atoms with Crippen LogP contribution in [0, 0.1) is 0 Å². The van der Waals surface area contributed by atoms with Crippen LogP contribution in [0.4, 0.5) is 13.2 Å². The van der Waals surface area contributed by atoms with Gasteiger partial charge >= 0.3 is 6.18 Å². The number of hydrogen-bond acceptors (Lipinski definition) is 3. The van der Waals surface area contributed by atoms with Crippen LogP contribution in [0.1, 0.15) is 33.1 Å². The molecule has 0 atom stereocenters. The van der Waals surface area contributed by atoms with E-state index in [4.69, 9.17) is 4.74 Å². The van der Waals surface area contributed by atoms with E-state index in [0.29, 0.717) is 19.7 Å². The van der Waals surface area contributed by atoms with Crippen LogP contribution in [-0.4, -0.2) is 56.0 Å². The van der Waals surface area contributed by atoms with Gasteiger partial charge in [-0.25, -0.2) is 0 Å². The van der Waals surface area contributed by atoms with E-state index < -0.39 is 12.7 Å². The minimum atomic E-state index is -4.09. The first kappa shape index (κ1) is 16.7. The molecule has 0 aliphatic heterocycles. The Morgan fingerprint density at radius 1 is 1.26 bits per heavy atom. The lowest BCUT2D eigenvalue weighted by atomic mass is 10.4. The fourth-order valence-corrected chi connectivity index (χ4v) is 1.92. The standard InChI is InChI=1S/C13H25F3N2O/c1-11(2)19-9-3-6-17-7-8-18(12-4-5-12)10-13(14,15)16/h11-12,17H,3-10H2,1-2H3. The van der Waals surface area contributed by atoms with Crippen LogP contribution >= 0.6 is 0 Å². The van der Waals surface area contributed by atoms with E-state index in [1.54, 1.807) is 0 Å². The summed E-state index contributed by atoms with van der Waals surface area (Å²) in [6.45, 7) is 5.74. The summed E-state index contributed by atoms with van der Waals surface area (Å²) in [5.41, 5.74) is 0. The van der Waals surface area contributed by atoms with Gasteiger partial charge in [-0.2, -0.15) is 13.2 Å². The number of halogens is 3. The summed E-state index contributed by atoms with van der Waals surface area (Å²) >= 11 is 0. The van der Waals surface area contributed by atoms with E-state index in [1.165, 1.54) is 4.90 Å². The van der Waals surface area contributed by atoms with Crippen LogP contribution in [0.15, 0.2) is 0 Å². The second kappa shape index (κ2) is 8.07. The van der Waals surface area contributed by atoms with E-state index in [0.717, 1.165) is 25.8 Å². The van der Waals surface area contributed by atoms with Crippen LogP contribution in [0.3, 0.4) is 0 Å². The van der Waals surface area contributed by atoms with E-state index in [9.17, 15) is 13.2 Å². The molecule has 0 amide bonds. The topological polar surface area (TPSA) is 24.5 Å². The third-order valence-corrected chi connectivity index (χ3v) is 2.97. The lowest BCUT2D eigenvalue weighted by Crippen LogP contribution is -2.40. The molecule has 0 saturated heterocycles.